The molecule has 6 nitrogen and oxygen atoms in total. The van der Waals surface area contributed by atoms with Crippen LogP contribution in [0.25, 0.3) is 0 Å². The topological polar surface area (TPSA) is 70.7 Å². The quantitative estimate of drug-likeness (QED) is 0.869. The van der Waals surface area contributed by atoms with Crippen LogP contribution in [-0.4, -0.2) is 47.2 Å². The van der Waals surface area contributed by atoms with E-state index >= 15 is 0 Å². The lowest BCUT2D eigenvalue weighted by Crippen LogP contribution is -2.44. The monoisotopic (exact) mass is 327 g/mol. The fourth-order valence-corrected chi connectivity index (χ4v) is 3.89. The summed E-state index contributed by atoms with van der Waals surface area (Å²) in [7, 11) is -1.95. The van der Waals surface area contributed by atoms with Crippen molar-refractivity contribution in [3.8, 4) is 5.75 Å². The molecule has 0 bridgehead atoms. The summed E-state index contributed by atoms with van der Waals surface area (Å²) in [4.78, 5) is 2.41. The molecule has 0 radical (unpaired) electrons. The summed E-state index contributed by atoms with van der Waals surface area (Å²) in [5.41, 5.74) is 0.300. The minimum absolute atomic E-state index is 0.261. The minimum atomic E-state index is -3.55. The highest BCUT2D eigenvalue weighted by atomic mass is 32.2. The Balaban J connectivity index is 2.38. The maximum atomic E-state index is 12.5. The highest BCUT2D eigenvalue weighted by Gasteiger charge is 2.24. The van der Waals surface area contributed by atoms with Gasteiger partial charge in [0, 0.05) is 31.7 Å². The van der Waals surface area contributed by atoms with E-state index in [0.29, 0.717) is 5.75 Å². The zero-order chi connectivity index (χ0) is 16.4. The van der Waals surface area contributed by atoms with Gasteiger partial charge in [-0.2, -0.15) is 0 Å². The Morgan fingerprint density at radius 1 is 1.23 bits per heavy atom. The normalized spacial score (nSPS) is 16.6. The van der Waals surface area contributed by atoms with Crippen LogP contribution in [0.2, 0.25) is 0 Å². The summed E-state index contributed by atoms with van der Waals surface area (Å²) in [5, 5.41) is 3.28. The third-order valence-corrected chi connectivity index (χ3v) is 5.11. The van der Waals surface area contributed by atoms with Crippen molar-refractivity contribution in [1.82, 2.24) is 10.0 Å². The van der Waals surface area contributed by atoms with Gasteiger partial charge in [0.1, 0.15) is 5.75 Å². The molecule has 1 aliphatic rings. The van der Waals surface area contributed by atoms with E-state index in [4.69, 9.17) is 4.74 Å². The van der Waals surface area contributed by atoms with Crippen LogP contribution in [0.5, 0.6) is 5.75 Å². The molecule has 2 rings (SSSR count). The molecule has 0 unspecified atom stereocenters. The number of nitrogens with one attached hydrogen (secondary N) is 2. The number of ether oxygens (including phenoxy) is 1. The molecule has 124 valence electrons. The Morgan fingerprint density at radius 3 is 2.41 bits per heavy atom. The van der Waals surface area contributed by atoms with Crippen molar-refractivity contribution in [3.63, 3.8) is 0 Å². The van der Waals surface area contributed by atoms with Crippen LogP contribution in [0.4, 0.5) is 5.69 Å². The van der Waals surface area contributed by atoms with Gasteiger partial charge in [-0.1, -0.05) is 0 Å². The van der Waals surface area contributed by atoms with E-state index in [1.807, 2.05) is 20.8 Å². The molecule has 1 aliphatic heterocycles. The Labute approximate surface area is 132 Å². The first-order valence-electron chi connectivity index (χ1n) is 7.41. The summed E-state index contributed by atoms with van der Waals surface area (Å²) >= 11 is 0. The van der Waals surface area contributed by atoms with Gasteiger partial charge >= 0.3 is 0 Å². The first kappa shape index (κ1) is 17.1. The van der Waals surface area contributed by atoms with Crippen LogP contribution in [-0.2, 0) is 10.0 Å². The van der Waals surface area contributed by atoms with Crippen molar-refractivity contribution < 1.29 is 13.2 Å². The van der Waals surface area contributed by atoms with E-state index < -0.39 is 15.6 Å². The van der Waals surface area contributed by atoms with E-state index in [9.17, 15) is 8.42 Å². The number of nitrogens with zero attached hydrogens (tertiary/aromatic N) is 1. The van der Waals surface area contributed by atoms with Gasteiger partial charge in [0.15, 0.2) is 0 Å². The number of benzene rings is 1. The molecule has 2 N–H and O–H groups in total. The second-order valence-corrected chi connectivity index (χ2v) is 8.11. The van der Waals surface area contributed by atoms with Gasteiger partial charge in [-0.15, -0.1) is 0 Å². The van der Waals surface area contributed by atoms with Gasteiger partial charge in [0.2, 0.25) is 10.0 Å². The number of methoxy groups -OCH3 is 1. The molecule has 0 spiro atoms. The maximum absolute atomic E-state index is 12.5. The zero-order valence-corrected chi connectivity index (χ0v) is 14.5. The molecular formula is C15H25N3O3S. The number of piperazine rings is 1. The Hall–Kier alpha value is -1.31. The number of rotatable bonds is 4. The van der Waals surface area contributed by atoms with E-state index in [1.165, 1.54) is 0 Å². The molecule has 1 saturated heterocycles. The van der Waals surface area contributed by atoms with Crippen molar-refractivity contribution in [2.45, 2.75) is 31.2 Å². The molecule has 0 amide bonds. The van der Waals surface area contributed by atoms with Crippen LogP contribution in [0.3, 0.4) is 0 Å². The van der Waals surface area contributed by atoms with Gasteiger partial charge in [-0.3, -0.25) is 0 Å². The fourth-order valence-electron chi connectivity index (χ4n) is 2.45. The SMILES string of the molecule is COc1ccc(S(=O)(=O)NC(C)(C)C)cc1N1CCNCC1. The lowest BCUT2D eigenvalue weighted by molar-refractivity contribution is 0.412. The number of hydrogen-bond acceptors (Lipinski definition) is 5. The Bertz CT molecular complexity index is 617. The van der Waals surface area contributed by atoms with Crippen molar-refractivity contribution >= 4 is 15.7 Å². The van der Waals surface area contributed by atoms with Gasteiger partial charge in [0.05, 0.1) is 17.7 Å². The third kappa shape index (κ3) is 4.12. The highest BCUT2D eigenvalue weighted by molar-refractivity contribution is 7.89. The largest absolute Gasteiger partial charge is 0.495 e. The van der Waals surface area contributed by atoms with Crippen LogP contribution >= 0.6 is 0 Å². The van der Waals surface area contributed by atoms with Crippen molar-refractivity contribution in [3.05, 3.63) is 18.2 Å². The Kier molecular flexibility index (Phi) is 4.99. The molecule has 0 saturated carbocycles. The number of anilines is 1. The first-order valence-corrected chi connectivity index (χ1v) is 8.89. The summed E-state index contributed by atoms with van der Waals surface area (Å²) in [6.45, 7) is 8.88. The molecule has 1 fully saturated rings. The summed E-state index contributed by atoms with van der Waals surface area (Å²) in [5.74, 6) is 0.691. The zero-order valence-electron chi connectivity index (χ0n) is 13.6. The van der Waals surface area contributed by atoms with Crippen LogP contribution in [0, 0.1) is 0 Å². The predicted octanol–water partition coefficient (Wildman–Crippen LogP) is 1.18. The molecule has 0 aromatic heterocycles. The number of hydrogen-bond donors (Lipinski definition) is 2. The lowest BCUT2D eigenvalue weighted by atomic mass is 10.1. The first-order chi connectivity index (χ1) is 10.2. The molecule has 7 heteroatoms. The predicted molar refractivity (Wildman–Crippen MR) is 88.2 cm³/mol. The van der Waals surface area contributed by atoms with Crippen molar-refractivity contribution in [2.24, 2.45) is 0 Å². The van der Waals surface area contributed by atoms with Crippen LogP contribution in [0.15, 0.2) is 23.1 Å². The fraction of sp³-hybridized carbons (Fsp3) is 0.600. The van der Waals surface area contributed by atoms with E-state index in [2.05, 4.69) is 14.9 Å². The van der Waals surface area contributed by atoms with Gasteiger partial charge in [-0.05, 0) is 39.0 Å². The molecule has 1 aromatic rings. The van der Waals surface area contributed by atoms with Crippen molar-refractivity contribution in [1.29, 1.82) is 0 Å². The molecule has 1 heterocycles. The van der Waals surface area contributed by atoms with E-state index in [1.54, 1.807) is 25.3 Å². The van der Waals surface area contributed by atoms with E-state index in [-0.39, 0.29) is 4.90 Å². The highest BCUT2D eigenvalue weighted by Crippen LogP contribution is 2.31. The molecule has 0 aliphatic carbocycles. The van der Waals surface area contributed by atoms with Crippen molar-refractivity contribution in [2.75, 3.05) is 38.2 Å². The summed E-state index contributed by atoms with van der Waals surface area (Å²) < 4.78 is 33.1. The second kappa shape index (κ2) is 6.44. The average molecular weight is 327 g/mol. The third-order valence-electron chi connectivity index (χ3n) is 3.36. The average Bonchev–Trinajstić information content (AvgIpc) is 2.45. The number of sulfonamides is 1. The smallest absolute Gasteiger partial charge is 0.241 e. The molecular weight excluding hydrogens is 302 g/mol. The Morgan fingerprint density at radius 2 is 1.86 bits per heavy atom. The second-order valence-electron chi connectivity index (χ2n) is 6.43. The van der Waals surface area contributed by atoms with Gasteiger partial charge in [-0.25, -0.2) is 13.1 Å². The van der Waals surface area contributed by atoms with Crippen LogP contribution in [0.1, 0.15) is 20.8 Å². The lowest BCUT2D eigenvalue weighted by Gasteiger charge is -2.31. The van der Waals surface area contributed by atoms with Gasteiger partial charge in [0.25, 0.3) is 0 Å². The van der Waals surface area contributed by atoms with Crippen LogP contribution < -0.4 is 19.7 Å². The minimum Gasteiger partial charge on any atom is -0.495 e. The maximum Gasteiger partial charge on any atom is 0.241 e. The molecule has 1 aromatic carbocycles. The van der Waals surface area contributed by atoms with E-state index in [0.717, 1.165) is 31.9 Å². The van der Waals surface area contributed by atoms with Gasteiger partial charge < -0.3 is 15.0 Å². The summed E-state index contributed by atoms with van der Waals surface area (Å²) in [6, 6.07) is 4.99. The molecule has 0 atom stereocenters. The molecule has 22 heavy (non-hydrogen) atoms. The summed E-state index contributed by atoms with van der Waals surface area (Å²) in [6.07, 6.45) is 0. The standard InChI is InChI=1S/C15H25N3O3S/c1-15(2,3)17-22(19,20)12-5-6-14(21-4)13(11-12)18-9-7-16-8-10-18/h5-6,11,16-17H,7-10H2,1-4H3.